The molecule has 0 amide bonds. The highest BCUT2D eigenvalue weighted by Gasteiger charge is 2.24. The van der Waals surface area contributed by atoms with E-state index < -0.39 is 0 Å². The third-order valence-electron chi connectivity index (χ3n) is 2.97. The van der Waals surface area contributed by atoms with Crippen LogP contribution in [0.3, 0.4) is 0 Å². The summed E-state index contributed by atoms with van der Waals surface area (Å²) in [6.07, 6.45) is 2.97. The summed E-state index contributed by atoms with van der Waals surface area (Å²) in [6.45, 7) is 2.09. The van der Waals surface area contributed by atoms with Crippen LogP contribution in [0, 0.1) is 6.92 Å². The van der Waals surface area contributed by atoms with Gasteiger partial charge in [-0.1, -0.05) is 18.2 Å². The van der Waals surface area contributed by atoms with E-state index >= 15 is 0 Å². The molecule has 0 bridgehead atoms. The third kappa shape index (κ3) is 1.90. The molecule has 2 nitrogen and oxygen atoms in total. The second kappa shape index (κ2) is 4.01. The Labute approximate surface area is 85.0 Å². The van der Waals surface area contributed by atoms with Gasteiger partial charge in [-0.25, -0.2) is 0 Å². The molecule has 0 aromatic heterocycles. The van der Waals surface area contributed by atoms with Gasteiger partial charge in [0.15, 0.2) is 0 Å². The van der Waals surface area contributed by atoms with Crippen LogP contribution in [0.2, 0.25) is 0 Å². The van der Waals surface area contributed by atoms with Gasteiger partial charge < -0.3 is 10.4 Å². The van der Waals surface area contributed by atoms with Crippen molar-refractivity contribution < 1.29 is 5.11 Å². The highest BCUT2D eigenvalue weighted by atomic mass is 16.3. The lowest BCUT2D eigenvalue weighted by Crippen LogP contribution is -2.28. The van der Waals surface area contributed by atoms with Gasteiger partial charge in [0.05, 0.1) is 12.1 Å². The predicted octanol–water partition coefficient (Wildman–Crippen LogP) is 2.32. The molecule has 0 saturated heterocycles. The summed E-state index contributed by atoms with van der Waals surface area (Å²) in [5.74, 6) is 0. The number of aliphatic hydroxyl groups excluding tert-OH is 1. The molecule has 2 rings (SSSR count). The van der Waals surface area contributed by atoms with Gasteiger partial charge in [-0.2, -0.15) is 0 Å². The molecule has 1 aromatic carbocycles. The Balaban J connectivity index is 2.07. The molecule has 1 aromatic rings. The molecule has 1 fully saturated rings. The Morgan fingerprint density at radius 3 is 2.71 bits per heavy atom. The van der Waals surface area contributed by atoms with Gasteiger partial charge in [0.2, 0.25) is 0 Å². The van der Waals surface area contributed by atoms with Crippen LogP contribution in [0.15, 0.2) is 24.3 Å². The number of hydrogen-bond acceptors (Lipinski definition) is 2. The van der Waals surface area contributed by atoms with Gasteiger partial charge in [0.25, 0.3) is 0 Å². The van der Waals surface area contributed by atoms with Gasteiger partial charge in [0.1, 0.15) is 0 Å². The monoisotopic (exact) mass is 191 g/mol. The van der Waals surface area contributed by atoms with Crippen molar-refractivity contribution in [2.75, 3.05) is 5.32 Å². The van der Waals surface area contributed by atoms with Gasteiger partial charge in [-0.3, -0.25) is 0 Å². The second-order valence-electron chi connectivity index (χ2n) is 4.06. The number of hydrogen-bond donors (Lipinski definition) is 2. The number of rotatable bonds is 2. The minimum absolute atomic E-state index is 0.172. The van der Waals surface area contributed by atoms with Crippen LogP contribution in [0.4, 0.5) is 5.69 Å². The van der Waals surface area contributed by atoms with Crippen molar-refractivity contribution in [1.82, 2.24) is 0 Å². The molecule has 2 heteroatoms. The van der Waals surface area contributed by atoms with E-state index in [1.165, 1.54) is 5.56 Å². The molecule has 2 N–H and O–H groups in total. The van der Waals surface area contributed by atoms with Crippen molar-refractivity contribution in [1.29, 1.82) is 0 Å². The summed E-state index contributed by atoms with van der Waals surface area (Å²) in [6, 6.07) is 8.46. The van der Waals surface area contributed by atoms with Crippen molar-refractivity contribution >= 4 is 5.69 Å². The zero-order valence-corrected chi connectivity index (χ0v) is 8.53. The SMILES string of the molecule is Cc1ccccc1N[C@H]1CCC[C@H]1O. The standard InChI is InChI=1S/C12H17NO/c1-9-5-2-3-6-10(9)13-11-7-4-8-12(11)14/h2-3,5-6,11-14H,4,7-8H2,1H3/t11-,12+/m0/s1. The van der Waals surface area contributed by atoms with Crippen LogP contribution in [0.1, 0.15) is 24.8 Å². The van der Waals surface area contributed by atoms with Crippen molar-refractivity contribution in [3.63, 3.8) is 0 Å². The Bertz CT molecular complexity index is 311. The molecule has 0 spiro atoms. The average Bonchev–Trinajstić information content (AvgIpc) is 2.56. The summed E-state index contributed by atoms with van der Waals surface area (Å²) in [5.41, 5.74) is 2.39. The molecular formula is C12H17NO. The Morgan fingerprint density at radius 1 is 1.29 bits per heavy atom. The van der Waals surface area contributed by atoms with E-state index in [-0.39, 0.29) is 12.1 Å². The number of nitrogens with one attached hydrogen (secondary N) is 1. The van der Waals surface area contributed by atoms with Crippen LogP contribution in [-0.4, -0.2) is 17.3 Å². The lowest BCUT2D eigenvalue weighted by Gasteiger charge is -2.19. The minimum Gasteiger partial charge on any atom is -0.391 e. The third-order valence-corrected chi connectivity index (χ3v) is 2.97. The molecule has 0 radical (unpaired) electrons. The first-order valence-electron chi connectivity index (χ1n) is 5.27. The molecular weight excluding hydrogens is 174 g/mol. The van der Waals surface area contributed by atoms with E-state index in [9.17, 15) is 5.11 Å². The Kier molecular flexibility index (Phi) is 2.73. The van der Waals surface area contributed by atoms with E-state index in [1.807, 2.05) is 12.1 Å². The van der Waals surface area contributed by atoms with Gasteiger partial charge in [0, 0.05) is 5.69 Å². The van der Waals surface area contributed by atoms with Gasteiger partial charge >= 0.3 is 0 Å². The zero-order chi connectivity index (χ0) is 9.97. The largest absolute Gasteiger partial charge is 0.391 e. The first-order chi connectivity index (χ1) is 6.77. The molecule has 0 aliphatic heterocycles. The number of anilines is 1. The van der Waals surface area contributed by atoms with E-state index in [0.29, 0.717) is 0 Å². The zero-order valence-electron chi connectivity index (χ0n) is 8.53. The van der Waals surface area contributed by atoms with E-state index in [4.69, 9.17) is 0 Å². The van der Waals surface area contributed by atoms with Crippen molar-refractivity contribution in [3.05, 3.63) is 29.8 Å². The quantitative estimate of drug-likeness (QED) is 0.752. The smallest absolute Gasteiger partial charge is 0.0741 e. The fourth-order valence-corrected chi connectivity index (χ4v) is 2.04. The van der Waals surface area contributed by atoms with Crippen LogP contribution in [-0.2, 0) is 0 Å². The number of aliphatic hydroxyl groups is 1. The van der Waals surface area contributed by atoms with Gasteiger partial charge in [-0.05, 0) is 37.8 Å². The number of para-hydroxylation sites is 1. The van der Waals surface area contributed by atoms with E-state index in [1.54, 1.807) is 0 Å². The van der Waals surface area contributed by atoms with Crippen molar-refractivity contribution in [2.45, 2.75) is 38.3 Å². The Hall–Kier alpha value is -1.02. The molecule has 76 valence electrons. The fourth-order valence-electron chi connectivity index (χ4n) is 2.04. The highest BCUT2D eigenvalue weighted by molar-refractivity contribution is 5.51. The molecule has 14 heavy (non-hydrogen) atoms. The number of aryl methyl sites for hydroxylation is 1. The summed E-state index contributed by atoms with van der Waals surface area (Å²) in [7, 11) is 0. The van der Waals surface area contributed by atoms with E-state index in [2.05, 4.69) is 24.4 Å². The maximum Gasteiger partial charge on any atom is 0.0741 e. The molecule has 1 aliphatic carbocycles. The lowest BCUT2D eigenvalue weighted by atomic mass is 10.1. The summed E-state index contributed by atoms with van der Waals surface area (Å²) in [5, 5.41) is 13.1. The van der Waals surface area contributed by atoms with Crippen LogP contribution < -0.4 is 5.32 Å². The van der Waals surface area contributed by atoms with Crippen molar-refractivity contribution in [2.24, 2.45) is 0 Å². The normalized spacial score (nSPS) is 26.4. The molecule has 0 heterocycles. The summed E-state index contributed by atoms with van der Waals surface area (Å²) in [4.78, 5) is 0. The first kappa shape index (κ1) is 9.53. The van der Waals surface area contributed by atoms with Gasteiger partial charge in [-0.15, -0.1) is 0 Å². The maximum atomic E-state index is 9.68. The summed E-state index contributed by atoms with van der Waals surface area (Å²) >= 11 is 0. The molecule has 1 aliphatic rings. The Morgan fingerprint density at radius 2 is 2.07 bits per heavy atom. The molecule has 1 saturated carbocycles. The van der Waals surface area contributed by atoms with Crippen LogP contribution in [0.25, 0.3) is 0 Å². The maximum absolute atomic E-state index is 9.68. The minimum atomic E-state index is -0.172. The first-order valence-corrected chi connectivity index (χ1v) is 5.27. The number of benzene rings is 1. The average molecular weight is 191 g/mol. The fraction of sp³-hybridized carbons (Fsp3) is 0.500. The summed E-state index contributed by atoms with van der Waals surface area (Å²) < 4.78 is 0. The topological polar surface area (TPSA) is 32.3 Å². The lowest BCUT2D eigenvalue weighted by molar-refractivity contribution is 0.172. The highest BCUT2D eigenvalue weighted by Crippen LogP contribution is 2.24. The van der Waals surface area contributed by atoms with Crippen molar-refractivity contribution in [3.8, 4) is 0 Å². The van der Waals surface area contributed by atoms with E-state index in [0.717, 1.165) is 24.9 Å². The van der Waals surface area contributed by atoms with Crippen LogP contribution >= 0.6 is 0 Å². The molecule has 2 atom stereocenters. The predicted molar refractivity (Wildman–Crippen MR) is 58.4 cm³/mol. The van der Waals surface area contributed by atoms with Crippen LogP contribution in [0.5, 0.6) is 0 Å². The second-order valence-corrected chi connectivity index (χ2v) is 4.06. The molecule has 0 unspecified atom stereocenters.